The topological polar surface area (TPSA) is 71.4 Å². The number of amides is 1. The first kappa shape index (κ1) is 14.8. The molecule has 2 rings (SSSR count). The summed E-state index contributed by atoms with van der Waals surface area (Å²) < 4.78 is 34.3. The van der Waals surface area contributed by atoms with Gasteiger partial charge in [0.05, 0.1) is 0 Å². The Morgan fingerprint density at radius 1 is 1.43 bits per heavy atom. The third-order valence-corrected chi connectivity index (χ3v) is 2.64. The number of carbonyl (C=O) groups excluding carboxylic acids is 1. The van der Waals surface area contributed by atoms with E-state index in [1.165, 1.54) is 24.3 Å². The molecule has 1 aromatic carbocycles. The lowest BCUT2D eigenvalue weighted by Crippen LogP contribution is -2.25. The Balaban J connectivity index is 2.21. The van der Waals surface area contributed by atoms with Gasteiger partial charge in [-0.05, 0) is 30.2 Å². The maximum Gasteiger partial charge on any atom is 0.586 e. The molecule has 1 heterocycles. The number of benzene rings is 1. The second-order valence-corrected chi connectivity index (χ2v) is 4.30. The summed E-state index contributed by atoms with van der Waals surface area (Å²) in [7, 11) is 0. The summed E-state index contributed by atoms with van der Waals surface area (Å²) in [4.78, 5) is 11.7. The van der Waals surface area contributed by atoms with Crippen LogP contribution in [0.2, 0.25) is 0 Å². The van der Waals surface area contributed by atoms with Gasteiger partial charge in [-0.15, -0.1) is 8.78 Å². The summed E-state index contributed by atoms with van der Waals surface area (Å²) in [6.45, 7) is 2.33. The van der Waals surface area contributed by atoms with E-state index in [4.69, 9.17) is 5.26 Å². The van der Waals surface area contributed by atoms with Crippen LogP contribution in [0.15, 0.2) is 23.8 Å². The molecule has 110 valence electrons. The zero-order chi connectivity index (χ0) is 15.5. The van der Waals surface area contributed by atoms with E-state index in [0.29, 0.717) is 12.1 Å². The van der Waals surface area contributed by atoms with Gasteiger partial charge in [-0.2, -0.15) is 5.26 Å². The summed E-state index contributed by atoms with van der Waals surface area (Å²) in [5.74, 6) is -0.742. The van der Waals surface area contributed by atoms with E-state index < -0.39 is 12.2 Å². The number of ether oxygens (including phenoxy) is 2. The molecule has 0 atom stereocenters. The minimum atomic E-state index is -3.69. The largest absolute Gasteiger partial charge is 0.586 e. The van der Waals surface area contributed by atoms with Crippen LogP contribution >= 0.6 is 0 Å². The average Bonchev–Trinajstić information content (AvgIpc) is 2.75. The van der Waals surface area contributed by atoms with Gasteiger partial charge < -0.3 is 14.8 Å². The fourth-order valence-electron chi connectivity index (χ4n) is 1.70. The van der Waals surface area contributed by atoms with Crippen molar-refractivity contribution in [2.45, 2.75) is 19.6 Å². The molecule has 0 saturated heterocycles. The summed E-state index contributed by atoms with van der Waals surface area (Å²) >= 11 is 0. The van der Waals surface area contributed by atoms with Crippen molar-refractivity contribution in [2.75, 3.05) is 6.54 Å². The minimum absolute atomic E-state index is 0.0916. The quantitative estimate of drug-likeness (QED) is 0.684. The van der Waals surface area contributed by atoms with Gasteiger partial charge in [0.1, 0.15) is 11.6 Å². The first-order valence-electron chi connectivity index (χ1n) is 6.25. The standard InChI is InChI=1S/C14H12F2N2O3/c1-2-5-18-13(19)10(8-17)6-9-3-4-11-12(7-9)21-14(15,16)20-11/h3-4,6-7H,2,5H2,1H3,(H,18,19)/b10-6+. The van der Waals surface area contributed by atoms with E-state index in [2.05, 4.69) is 14.8 Å². The van der Waals surface area contributed by atoms with E-state index in [1.54, 1.807) is 6.07 Å². The van der Waals surface area contributed by atoms with E-state index in [-0.39, 0.29) is 17.1 Å². The summed E-state index contributed by atoms with van der Waals surface area (Å²) in [5.41, 5.74) is 0.271. The Kier molecular flexibility index (Phi) is 4.08. The number of nitrogens with one attached hydrogen (secondary N) is 1. The van der Waals surface area contributed by atoms with Crippen LogP contribution < -0.4 is 14.8 Å². The Labute approximate surface area is 119 Å². The number of rotatable bonds is 4. The van der Waals surface area contributed by atoms with Gasteiger partial charge in [0.2, 0.25) is 0 Å². The molecule has 0 aliphatic carbocycles. The second-order valence-electron chi connectivity index (χ2n) is 4.30. The molecule has 0 aromatic heterocycles. The lowest BCUT2D eigenvalue weighted by molar-refractivity contribution is -0.286. The zero-order valence-corrected chi connectivity index (χ0v) is 11.2. The van der Waals surface area contributed by atoms with Crippen LogP contribution in [0.3, 0.4) is 0 Å². The van der Waals surface area contributed by atoms with Gasteiger partial charge in [0, 0.05) is 6.54 Å². The van der Waals surface area contributed by atoms with Crippen LogP contribution in [0.5, 0.6) is 11.5 Å². The lowest BCUT2D eigenvalue weighted by Gasteiger charge is -2.04. The van der Waals surface area contributed by atoms with Gasteiger partial charge in [-0.25, -0.2) is 0 Å². The fourth-order valence-corrected chi connectivity index (χ4v) is 1.70. The highest BCUT2D eigenvalue weighted by Gasteiger charge is 2.43. The van der Waals surface area contributed by atoms with Gasteiger partial charge in [-0.1, -0.05) is 13.0 Å². The highest BCUT2D eigenvalue weighted by atomic mass is 19.3. The Morgan fingerprint density at radius 3 is 2.81 bits per heavy atom. The minimum Gasteiger partial charge on any atom is -0.395 e. The Morgan fingerprint density at radius 2 is 2.14 bits per heavy atom. The molecule has 5 nitrogen and oxygen atoms in total. The molecule has 0 fully saturated rings. The van der Waals surface area contributed by atoms with Crippen molar-refractivity contribution in [1.29, 1.82) is 5.26 Å². The van der Waals surface area contributed by atoms with Crippen LogP contribution in [-0.4, -0.2) is 18.7 Å². The molecule has 1 N–H and O–H groups in total. The third kappa shape index (κ3) is 3.48. The number of halogens is 2. The lowest BCUT2D eigenvalue weighted by atomic mass is 10.1. The van der Waals surface area contributed by atoms with Gasteiger partial charge in [-0.3, -0.25) is 4.79 Å². The van der Waals surface area contributed by atoms with E-state index in [0.717, 1.165) is 6.42 Å². The SMILES string of the molecule is CCCNC(=O)/C(C#N)=C/c1ccc2c(c1)OC(F)(F)O2. The zero-order valence-electron chi connectivity index (χ0n) is 11.2. The molecule has 0 radical (unpaired) electrons. The van der Waals surface area contributed by atoms with E-state index >= 15 is 0 Å². The summed E-state index contributed by atoms with van der Waals surface area (Å²) in [6.07, 6.45) is -1.66. The predicted molar refractivity (Wildman–Crippen MR) is 69.5 cm³/mol. The van der Waals surface area contributed by atoms with Crippen LogP contribution in [0.4, 0.5) is 8.78 Å². The van der Waals surface area contributed by atoms with Crippen molar-refractivity contribution in [3.8, 4) is 17.6 Å². The highest BCUT2D eigenvalue weighted by Crippen LogP contribution is 2.41. The fraction of sp³-hybridized carbons (Fsp3) is 0.286. The van der Waals surface area contributed by atoms with Gasteiger partial charge in [0.15, 0.2) is 11.5 Å². The Hall–Kier alpha value is -2.62. The van der Waals surface area contributed by atoms with Crippen molar-refractivity contribution in [3.63, 3.8) is 0 Å². The maximum atomic E-state index is 12.9. The molecule has 7 heteroatoms. The molecule has 1 amide bonds. The van der Waals surface area contributed by atoms with E-state index in [1.807, 2.05) is 6.92 Å². The van der Waals surface area contributed by atoms with Crippen molar-refractivity contribution < 1.29 is 23.0 Å². The van der Waals surface area contributed by atoms with Crippen LogP contribution in [0.1, 0.15) is 18.9 Å². The number of nitrogens with zero attached hydrogens (tertiary/aromatic N) is 1. The van der Waals surface area contributed by atoms with Gasteiger partial charge >= 0.3 is 6.29 Å². The number of hydrogen-bond donors (Lipinski definition) is 1. The Bertz CT molecular complexity index is 636. The molecule has 21 heavy (non-hydrogen) atoms. The monoisotopic (exact) mass is 294 g/mol. The molecule has 1 aliphatic rings. The van der Waals surface area contributed by atoms with Crippen LogP contribution in [0, 0.1) is 11.3 Å². The van der Waals surface area contributed by atoms with E-state index in [9.17, 15) is 13.6 Å². The molecule has 0 unspecified atom stereocenters. The van der Waals surface area contributed by atoms with Crippen molar-refractivity contribution in [3.05, 3.63) is 29.3 Å². The highest BCUT2D eigenvalue weighted by molar-refractivity contribution is 6.01. The molecule has 1 aliphatic heterocycles. The van der Waals surface area contributed by atoms with Crippen molar-refractivity contribution in [2.24, 2.45) is 0 Å². The number of hydrogen-bond acceptors (Lipinski definition) is 4. The number of carbonyl (C=O) groups is 1. The maximum absolute atomic E-state index is 12.9. The number of nitriles is 1. The normalized spacial score (nSPS) is 15.4. The summed E-state index contributed by atoms with van der Waals surface area (Å²) in [5, 5.41) is 11.5. The first-order valence-corrected chi connectivity index (χ1v) is 6.25. The molecule has 0 bridgehead atoms. The van der Waals surface area contributed by atoms with Gasteiger partial charge in [0.25, 0.3) is 5.91 Å². The molecular formula is C14H12F2N2O3. The first-order chi connectivity index (χ1) is 9.95. The second kappa shape index (κ2) is 5.79. The number of fused-ring (bicyclic) bond motifs is 1. The average molecular weight is 294 g/mol. The predicted octanol–water partition coefficient (Wildman–Crippen LogP) is 2.44. The van der Waals surface area contributed by atoms with Crippen LogP contribution in [-0.2, 0) is 4.79 Å². The third-order valence-electron chi connectivity index (χ3n) is 2.64. The molecular weight excluding hydrogens is 282 g/mol. The molecule has 1 aromatic rings. The molecule has 0 spiro atoms. The van der Waals surface area contributed by atoms with Crippen LogP contribution in [0.25, 0.3) is 6.08 Å². The smallest absolute Gasteiger partial charge is 0.395 e. The molecule has 0 saturated carbocycles. The summed E-state index contributed by atoms with van der Waals surface area (Å²) in [6, 6.07) is 5.80. The van der Waals surface area contributed by atoms with Crippen molar-refractivity contribution in [1.82, 2.24) is 5.32 Å². The van der Waals surface area contributed by atoms with Crippen molar-refractivity contribution >= 4 is 12.0 Å². The number of alkyl halides is 2.